The van der Waals surface area contributed by atoms with E-state index in [4.69, 9.17) is 4.74 Å². The fourth-order valence-corrected chi connectivity index (χ4v) is 3.52. The second-order valence-corrected chi connectivity index (χ2v) is 5.94. The molecule has 0 amide bonds. The van der Waals surface area contributed by atoms with Crippen LogP contribution in [0.25, 0.3) is 0 Å². The molecule has 1 aliphatic heterocycles. The van der Waals surface area contributed by atoms with Crippen LogP contribution in [-0.2, 0) is 14.8 Å². The maximum Gasteiger partial charge on any atom is 0.242 e. The van der Waals surface area contributed by atoms with Gasteiger partial charge in [0.2, 0.25) is 10.0 Å². The highest BCUT2D eigenvalue weighted by Gasteiger charge is 2.23. The number of hydrogen-bond acceptors (Lipinski definition) is 4. The number of sulfonamides is 1. The Morgan fingerprint density at radius 2 is 1.89 bits per heavy atom. The Morgan fingerprint density at radius 1 is 1.22 bits per heavy atom. The van der Waals surface area contributed by atoms with E-state index in [2.05, 4.69) is 10.0 Å². The average Bonchev–Trinajstić information content (AvgIpc) is 2.39. The van der Waals surface area contributed by atoms with Crippen molar-refractivity contribution in [2.45, 2.75) is 23.8 Å². The molecule has 1 aliphatic rings. The minimum Gasteiger partial charge on any atom is -0.387 e. The van der Waals surface area contributed by atoms with Gasteiger partial charge in [-0.15, -0.1) is 0 Å². The quantitative estimate of drug-likeness (QED) is 0.862. The van der Waals surface area contributed by atoms with Crippen LogP contribution in [0, 0.1) is 0 Å². The lowest BCUT2D eigenvalue weighted by molar-refractivity contribution is 0.0832. The van der Waals surface area contributed by atoms with E-state index >= 15 is 0 Å². The van der Waals surface area contributed by atoms with E-state index in [1.54, 1.807) is 31.3 Å². The topological polar surface area (TPSA) is 67.4 Å². The smallest absolute Gasteiger partial charge is 0.242 e. The van der Waals surface area contributed by atoms with Crippen LogP contribution < -0.4 is 10.0 Å². The summed E-state index contributed by atoms with van der Waals surface area (Å²) in [5.74, 6) is 0. The number of anilines is 1. The van der Waals surface area contributed by atoms with Crippen LogP contribution >= 0.6 is 0 Å². The summed E-state index contributed by atoms with van der Waals surface area (Å²) in [4.78, 5) is 0.291. The molecule has 1 aromatic rings. The number of rotatable bonds is 4. The SMILES string of the molecule is CNc1ccccc1S(=O)(=O)NC1CCOCC1. The molecule has 1 heterocycles. The molecule has 0 radical (unpaired) electrons. The van der Waals surface area contributed by atoms with Crippen molar-refractivity contribution in [2.24, 2.45) is 0 Å². The van der Waals surface area contributed by atoms with Gasteiger partial charge in [-0.2, -0.15) is 0 Å². The predicted molar refractivity (Wildman–Crippen MR) is 70.2 cm³/mol. The van der Waals surface area contributed by atoms with E-state index in [1.807, 2.05) is 0 Å². The molecule has 0 atom stereocenters. The Balaban J connectivity index is 2.19. The van der Waals surface area contributed by atoms with Gasteiger partial charge in [0.15, 0.2) is 0 Å². The van der Waals surface area contributed by atoms with Gasteiger partial charge in [-0.05, 0) is 25.0 Å². The molecule has 18 heavy (non-hydrogen) atoms. The van der Waals surface area contributed by atoms with Gasteiger partial charge < -0.3 is 10.1 Å². The van der Waals surface area contributed by atoms with Crippen LogP contribution in [0.15, 0.2) is 29.2 Å². The maximum absolute atomic E-state index is 12.3. The molecule has 5 nitrogen and oxygen atoms in total. The lowest BCUT2D eigenvalue weighted by Gasteiger charge is -2.23. The Morgan fingerprint density at radius 3 is 2.56 bits per heavy atom. The van der Waals surface area contributed by atoms with E-state index in [1.165, 1.54) is 0 Å². The first-order valence-corrected chi connectivity index (χ1v) is 7.48. The fourth-order valence-electron chi connectivity index (χ4n) is 2.01. The Kier molecular flexibility index (Phi) is 4.21. The van der Waals surface area contributed by atoms with Crippen molar-refractivity contribution < 1.29 is 13.2 Å². The fraction of sp³-hybridized carbons (Fsp3) is 0.500. The first-order valence-electron chi connectivity index (χ1n) is 6.00. The van der Waals surface area contributed by atoms with Gasteiger partial charge in [0, 0.05) is 26.3 Å². The third kappa shape index (κ3) is 3.01. The summed E-state index contributed by atoms with van der Waals surface area (Å²) in [6.07, 6.45) is 1.45. The number of ether oxygens (including phenoxy) is 1. The molecule has 0 unspecified atom stereocenters. The van der Waals surface area contributed by atoms with Gasteiger partial charge in [-0.1, -0.05) is 12.1 Å². The van der Waals surface area contributed by atoms with Crippen LogP contribution in [0.3, 0.4) is 0 Å². The zero-order valence-electron chi connectivity index (χ0n) is 10.3. The van der Waals surface area contributed by atoms with Crippen LogP contribution in [-0.4, -0.2) is 34.7 Å². The predicted octanol–water partition coefficient (Wildman–Crippen LogP) is 1.19. The third-order valence-corrected chi connectivity index (χ3v) is 4.57. The molecule has 100 valence electrons. The zero-order valence-corrected chi connectivity index (χ0v) is 11.2. The summed E-state index contributed by atoms with van der Waals surface area (Å²) < 4.78 is 32.5. The van der Waals surface area contributed by atoms with Gasteiger partial charge in [0.25, 0.3) is 0 Å². The summed E-state index contributed by atoms with van der Waals surface area (Å²) in [6.45, 7) is 1.22. The second kappa shape index (κ2) is 5.69. The molecule has 1 saturated heterocycles. The molecule has 0 aliphatic carbocycles. The van der Waals surface area contributed by atoms with Gasteiger partial charge >= 0.3 is 0 Å². The summed E-state index contributed by atoms with van der Waals surface area (Å²) in [5, 5.41) is 2.90. The minimum atomic E-state index is -3.47. The van der Waals surface area contributed by atoms with E-state index < -0.39 is 10.0 Å². The minimum absolute atomic E-state index is 0.0336. The van der Waals surface area contributed by atoms with Gasteiger partial charge in [0.1, 0.15) is 4.90 Å². The molecule has 1 fully saturated rings. The number of nitrogens with one attached hydrogen (secondary N) is 2. The molecule has 6 heteroatoms. The van der Waals surface area contributed by atoms with E-state index in [0.717, 1.165) is 12.8 Å². The van der Waals surface area contributed by atoms with Crippen molar-refractivity contribution in [3.63, 3.8) is 0 Å². The van der Waals surface area contributed by atoms with E-state index in [0.29, 0.717) is 23.8 Å². The highest BCUT2D eigenvalue weighted by atomic mass is 32.2. The molecule has 2 N–H and O–H groups in total. The first-order chi connectivity index (χ1) is 8.63. The lowest BCUT2D eigenvalue weighted by atomic mass is 10.1. The summed E-state index contributed by atoms with van der Waals surface area (Å²) in [7, 11) is -1.76. The molecule has 2 rings (SSSR count). The third-order valence-electron chi connectivity index (χ3n) is 2.99. The summed E-state index contributed by atoms with van der Waals surface area (Å²) in [6, 6.07) is 6.85. The highest BCUT2D eigenvalue weighted by molar-refractivity contribution is 7.89. The standard InChI is InChI=1S/C12H18N2O3S/c1-13-11-4-2-3-5-12(11)18(15,16)14-10-6-8-17-9-7-10/h2-5,10,13-14H,6-9H2,1H3. The largest absolute Gasteiger partial charge is 0.387 e. The number of hydrogen-bond donors (Lipinski definition) is 2. The zero-order chi connectivity index (χ0) is 13.0. The summed E-state index contributed by atoms with van der Waals surface area (Å²) >= 11 is 0. The van der Waals surface area contributed by atoms with Gasteiger partial charge in [-0.3, -0.25) is 0 Å². The van der Waals surface area contributed by atoms with Crippen molar-refractivity contribution in [1.82, 2.24) is 4.72 Å². The highest BCUT2D eigenvalue weighted by Crippen LogP contribution is 2.21. The Hall–Kier alpha value is -1.11. The van der Waals surface area contributed by atoms with Crippen LogP contribution in [0.4, 0.5) is 5.69 Å². The van der Waals surface area contributed by atoms with Crippen molar-refractivity contribution in [3.05, 3.63) is 24.3 Å². The molecular weight excluding hydrogens is 252 g/mol. The normalized spacial score (nSPS) is 17.6. The monoisotopic (exact) mass is 270 g/mol. The molecule has 0 saturated carbocycles. The van der Waals surface area contributed by atoms with Crippen molar-refractivity contribution in [3.8, 4) is 0 Å². The van der Waals surface area contributed by atoms with Crippen LogP contribution in [0.2, 0.25) is 0 Å². The van der Waals surface area contributed by atoms with Crippen molar-refractivity contribution in [1.29, 1.82) is 0 Å². The van der Waals surface area contributed by atoms with Crippen molar-refractivity contribution in [2.75, 3.05) is 25.6 Å². The van der Waals surface area contributed by atoms with E-state index in [-0.39, 0.29) is 6.04 Å². The second-order valence-electron chi connectivity index (χ2n) is 4.25. The summed E-state index contributed by atoms with van der Waals surface area (Å²) in [5.41, 5.74) is 0.608. The lowest BCUT2D eigenvalue weighted by Crippen LogP contribution is -2.39. The van der Waals surface area contributed by atoms with Crippen LogP contribution in [0.1, 0.15) is 12.8 Å². The van der Waals surface area contributed by atoms with Crippen LogP contribution in [0.5, 0.6) is 0 Å². The maximum atomic E-state index is 12.3. The van der Waals surface area contributed by atoms with Gasteiger partial charge in [0.05, 0.1) is 5.69 Å². The molecule has 0 spiro atoms. The molecule has 1 aromatic carbocycles. The molecule has 0 aromatic heterocycles. The van der Waals surface area contributed by atoms with Gasteiger partial charge in [-0.25, -0.2) is 13.1 Å². The number of benzene rings is 1. The number of para-hydroxylation sites is 1. The molecule has 0 bridgehead atoms. The average molecular weight is 270 g/mol. The Bertz CT molecular complexity index is 496. The molecular formula is C12H18N2O3S. The van der Waals surface area contributed by atoms with Crippen molar-refractivity contribution >= 4 is 15.7 Å². The van der Waals surface area contributed by atoms with E-state index in [9.17, 15) is 8.42 Å². The first kappa shape index (κ1) is 13.3. The Labute approximate surface area is 108 Å².